The summed E-state index contributed by atoms with van der Waals surface area (Å²) >= 11 is 12.5. The van der Waals surface area contributed by atoms with E-state index in [-0.39, 0.29) is 29.3 Å². The van der Waals surface area contributed by atoms with E-state index in [0.717, 1.165) is 17.7 Å². The SMILES string of the molecule is O=[N+]([O-])c1ccc(O)c(C2Nc3cc(Cl)cc(Cl)c3C3C=CCC32)c1. The summed E-state index contributed by atoms with van der Waals surface area (Å²) in [5, 5.41) is 25.9. The van der Waals surface area contributed by atoms with E-state index in [1.165, 1.54) is 18.2 Å². The second-order valence-corrected chi connectivity index (χ2v) is 7.17. The number of nitro groups is 1. The molecule has 0 radical (unpaired) electrons. The Hall–Kier alpha value is -2.24. The monoisotopic (exact) mass is 376 g/mol. The Morgan fingerprint density at radius 2 is 2.04 bits per heavy atom. The highest BCUT2D eigenvalue weighted by Crippen LogP contribution is 2.53. The minimum Gasteiger partial charge on any atom is -0.508 e. The van der Waals surface area contributed by atoms with Crippen LogP contribution in [0.3, 0.4) is 0 Å². The van der Waals surface area contributed by atoms with Crippen molar-refractivity contribution < 1.29 is 10.0 Å². The molecule has 0 amide bonds. The number of rotatable bonds is 2. The van der Waals surface area contributed by atoms with Gasteiger partial charge in [-0.3, -0.25) is 10.1 Å². The molecule has 5 nitrogen and oxygen atoms in total. The fraction of sp³-hybridized carbons (Fsp3) is 0.222. The van der Waals surface area contributed by atoms with Crippen molar-refractivity contribution in [3.05, 3.63) is 73.8 Å². The van der Waals surface area contributed by atoms with Gasteiger partial charge in [0, 0.05) is 44.9 Å². The van der Waals surface area contributed by atoms with Crippen molar-refractivity contribution >= 4 is 34.6 Å². The number of phenols is 1. The van der Waals surface area contributed by atoms with Crippen LogP contribution >= 0.6 is 23.2 Å². The van der Waals surface area contributed by atoms with Crippen LogP contribution in [-0.2, 0) is 0 Å². The molecule has 1 aliphatic carbocycles. The number of nitrogens with one attached hydrogen (secondary N) is 1. The highest BCUT2D eigenvalue weighted by Gasteiger charge is 2.40. The number of aromatic hydroxyl groups is 1. The zero-order valence-electron chi connectivity index (χ0n) is 12.9. The van der Waals surface area contributed by atoms with Crippen LogP contribution in [0.2, 0.25) is 10.0 Å². The van der Waals surface area contributed by atoms with Crippen molar-refractivity contribution in [1.29, 1.82) is 0 Å². The van der Waals surface area contributed by atoms with Crippen molar-refractivity contribution in [2.24, 2.45) is 5.92 Å². The number of hydrogen-bond donors (Lipinski definition) is 2. The van der Waals surface area contributed by atoms with Gasteiger partial charge in [-0.05, 0) is 30.5 Å². The summed E-state index contributed by atoms with van der Waals surface area (Å²) in [7, 11) is 0. The predicted molar refractivity (Wildman–Crippen MR) is 97.6 cm³/mol. The number of benzene rings is 2. The largest absolute Gasteiger partial charge is 0.508 e. The summed E-state index contributed by atoms with van der Waals surface area (Å²) < 4.78 is 0. The molecule has 0 fully saturated rings. The molecular formula is C18H14Cl2N2O3. The molecule has 0 saturated carbocycles. The van der Waals surface area contributed by atoms with Crippen molar-refractivity contribution in [1.82, 2.24) is 0 Å². The van der Waals surface area contributed by atoms with Gasteiger partial charge in [-0.2, -0.15) is 0 Å². The van der Waals surface area contributed by atoms with Crippen LogP contribution in [0, 0.1) is 16.0 Å². The van der Waals surface area contributed by atoms with Crippen LogP contribution in [0.15, 0.2) is 42.5 Å². The van der Waals surface area contributed by atoms with E-state index in [2.05, 4.69) is 17.5 Å². The molecule has 128 valence electrons. The summed E-state index contributed by atoms with van der Waals surface area (Å²) in [5.41, 5.74) is 2.23. The Balaban J connectivity index is 1.85. The van der Waals surface area contributed by atoms with Gasteiger partial charge in [-0.1, -0.05) is 35.4 Å². The summed E-state index contributed by atoms with van der Waals surface area (Å²) in [4.78, 5) is 10.7. The fourth-order valence-electron chi connectivity index (χ4n) is 3.86. The van der Waals surface area contributed by atoms with Gasteiger partial charge < -0.3 is 10.4 Å². The number of nitrogens with zero attached hydrogens (tertiary/aromatic N) is 1. The standard InChI is InChI=1S/C18H14Cl2N2O3/c19-9-6-14(20)17-11-2-1-3-12(11)18(21-15(17)7-9)13-8-10(22(24)25)4-5-16(13)23/h1-2,4-8,11-12,18,21,23H,3H2. The lowest BCUT2D eigenvalue weighted by Crippen LogP contribution is -2.29. The van der Waals surface area contributed by atoms with Gasteiger partial charge in [0.2, 0.25) is 0 Å². The zero-order valence-corrected chi connectivity index (χ0v) is 14.5. The van der Waals surface area contributed by atoms with Gasteiger partial charge in [0.15, 0.2) is 0 Å². The summed E-state index contributed by atoms with van der Waals surface area (Å²) in [5.74, 6) is 0.217. The second-order valence-electron chi connectivity index (χ2n) is 6.32. The van der Waals surface area contributed by atoms with Crippen LogP contribution < -0.4 is 5.32 Å². The minimum atomic E-state index is -0.460. The summed E-state index contributed by atoms with van der Waals surface area (Å²) in [6.07, 6.45) is 4.98. The molecule has 0 saturated heterocycles. The van der Waals surface area contributed by atoms with Crippen molar-refractivity contribution in [3.63, 3.8) is 0 Å². The average Bonchev–Trinajstić information content (AvgIpc) is 3.03. The van der Waals surface area contributed by atoms with Gasteiger partial charge >= 0.3 is 0 Å². The van der Waals surface area contributed by atoms with Crippen LogP contribution in [0.5, 0.6) is 5.75 Å². The molecule has 0 bridgehead atoms. The van der Waals surface area contributed by atoms with E-state index < -0.39 is 4.92 Å². The van der Waals surface area contributed by atoms with E-state index in [1.54, 1.807) is 12.1 Å². The maximum atomic E-state index is 11.1. The molecule has 2 aromatic carbocycles. The first kappa shape index (κ1) is 16.2. The highest BCUT2D eigenvalue weighted by atomic mass is 35.5. The molecule has 2 N–H and O–H groups in total. The molecule has 4 rings (SSSR count). The minimum absolute atomic E-state index is 0.0327. The molecule has 2 aromatic rings. The number of halogens is 2. The van der Waals surface area contributed by atoms with E-state index >= 15 is 0 Å². The number of hydrogen-bond acceptors (Lipinski definition) is 4. The molecular weight excluding hydrogens is 363 g/mol. The maximum Gasteiger partial charge on any atom is 0.270 e. The Labute approximate surface area is 154 Å². The topological polar surface area (TPSA) is 75.4 Å². The van der Waals surface area contributed by atoms with E-state index in [1.807, 2.05) is 0 Å². The number of non-ortho nitro benzene ring substituents is 1. The lowest BCUT2D eigenvalue weighted by Gasteiger charge is -2.38. The summed E-state index contributed by atoms with van der Waals surface area (Å²) in [6, 6.07) is 7.34. The van der Waals surface area contributed by atoms with Crippen molar-refractivity contribution in [2.45, 2.75) is 18.4 Å². The molecule has 2 aliphatic rings. The number of phenolic OH excluding ortho intramolecular Hbond substituents is 1. The Morgan fingerprint density at radius 3 is 2.80 bits per heavy atom. The Kier molecular flexibility index (Phi) is 3.85. The molecule has 1 heterocycles. The van der Waals surface area contributed by atoms with Crippen LogP contribution in [0.4, 0.5) is 11.4 Å². The highest BCUT2D eigenvalue weighted by molar-refractivity contribution is 6.35. The first-order chi connectivity index (χ1) is 12.0. The van der Waals surface area contributed by atoms with Gasteiger partial charge in [0.05, 0.1) is 11.0 Å². The van der Waals surface area contributed by atoms with Gasteiger partial charge in [-0.15, -0.1) is 0 Å². The molecule has 0 aromatic heterocycles. The Bertz CT molecular complexity index is 913. The van der Waals surface area contributed by atoms with Crippen molar-refractivity contribution in [3.8, 4) is 5.75 Å². The quantitative estimate of drug-likeness (QED) is 0.416. The second kappa shape index (κ2) is 5.93. The zero-order chi connectivity index (χ0) is 17.7. The third-order valence-electron chi connectivity index (χ3n) is 4.94. The number of nitro benzene ring substituents is 1. The molecule has 25 heavy (non-hydrogen) atoms. The first-order valence-corrected chi connectivity index (χ1v) is 8.60. The van der Waals surface area contributed by atoms with E-state index in [9.17, 15) is 15.2 Å². The van der Waals surface area contributed by atoms with Gasteiger partial charge in [-0.25, -0.2) is 0 Å². The van der Waals surface area contributed by atoms with Gasteiger partial charge in [0.1, 0.15) is 5.75 Å². The van der Waals surface area contributed by atoms with E-state index in [4.69, 9.17) is 23.2 Å². The normalized spacial score (nSPS) is 23.7. The van der Waals surface area contributed by atoms with Crippen LogP contribution in [0.1, 0.15) is 29.5 Å². The molecule has 3 unspecified atom stereocenters. The van der Waals surface area contributed by atoms with Crippen LogP contribution in [0.25, 0.3) is 0 Å². The Morgan fingerprint density at radius 1 is 1.24 bits per heavy atom. The fourth-order valence-corrected chi connectivity index (χ4v) is 4.48. The van der Waals surface area contributed by atoms with Gasteiger partial charge in [0.25, 0.3) is 5.69 Å². The first-order valence-electron chi connectivity index (χ1n) is 7.85. The van der Waals surface area contributed by atoms with Crippen LogP contribution in [-0.4, -0.2) is 10.0 Å². The number of fused-ring (bicyclic) bond motifs is 3. The molecule has 0 spiro atoms. The number of anilines is 1. The third kappa shape index (κ3) is 2.64. The lowest BCUT2D eigenvalue weighted by molar-refractivity contribution is -0.385. The number of allylic oxidation sites excluding steroid dienone is 2. The maximum absolute atomic E-state index is 11.1. The lowest BCUT2D eigenvalue weighted by atomic mass is 9.76. The predicted octanol–water partition coefficient (Wildman–Crippen LogP) is 5.43. The average molecular weight is 377 g/mol. The van der Waals surface area contributed by atoms with E-state index in [0.29, 0.717) is 15.6 Å². The molecule has 3 atom stereocenters. The third-order valence-corrected chi connectivity index (χ3v) is 5.47. The van der Waals surface area contributed by atoms with Crippen molar-refractivity contribution in [2.75, 3.05) is 5.32 Å². The molecule has 1 aliphatic heterocycles. The smallest absolute Gasteiger partial charge is 0.270 e. The molecule has 7 heteroatoms. The summed E-state index contributed by atoms with van der Waals surface area (Å²) in [6.45, 7) is 0.